The maximum Gasteiger partial charge on any atom is 0.177 e. The molecule has 0 N–H and O–H groups in total. The number of hydrogen-bond donors (Lipinski definition) is 0. The molecule has 0 spiro atoms. The third-order valence-electron chi connectivity index (χ3n) is 2.68. The molecule has 114 valence electrons. The van der Waals surface area contributed by atoms with Crippen LogP contribution < -0.4 is 4.74 Å². The topological polar surface area (TPSA) is 65.5 Å². The molecular weight excluding hydrogens is 278 g/mol. The average molecular weight is 301 g/mol. The first-order valence-electron chi connectivity index (χ1n) is 6.42. The highest BCUT2D eigenvalue weighted by Crippen LogP contribution is 2.29. The Hall–Kier alpha value is -1.14. The van der Waals surface area contributed by atoms with Crippen LogP contribution in [0.25, 0.3) is 0 Å². The van der Waals surface area contributed by atoms with Gasteiger partial charge in [0.2, 0.25) is 0 Å². The Morgan fingerprint density at radius 1 is 1.35 bits per heavy atom. The summed E-state index contributed by atoms with van der Waals surface area (Å²) in [7, 11) is -1.77. The van der Waals surface area contributed by atoms with Crippen molar-refractivity contribution in [3.8, 4) is 5.75 Å². The molecule has 0 aromatic carbocycles. The molecule has 0 aliphatic heterocycles. The molecule has 0 radical (unpaired) electrons. The van der Waals surface area contributed by atoms with Crippen LogP contribution in [0.3, 0.4) is 0 Å². The zero-order chi connectivity index (χ0) is 15.6. The van der Waals surface area contributed by atoms with Crippen molar-refractivity contribution >= 4 is 9.84 Å². The van der Waals surface area contributed by atoms with E-state index >= 15 is 0 Å². The molecule has 20 heavy (non-hydrogen) atoms. The molecule has 1 atom stereocenters. The summed E-state index contributed by atoms with van der Waals surface area (Å²) in [6.07, 6.45) is 2.57. The van der Waals surface area contributed by atoms with Gasteiger partial charge in [0.05, 0.1) is 23.4 Å². The maximum atomic E-state index is 11.9. The van der Waals surface area contributed by atoms with E-state index in [1.165, 1.54) is 12.3 Å². The largest absolute Gasteiger partial charge is 0.487 e. The van der Waals surface area contributed by atoms with Crippen LogP contribution >= 0.6 is 0 Å². The van der Waals surface area contributed by atoms with Gasteiger partial charge >= 0.3 is 0 Å². The summed E-state index contributed by atoms with van der Waals surface area (Å²) in [5.41, 5.74) is 0.196. The van der Waals surface area contributed by atoms with Crippen LogP contribution in [0.5, 0.6) is 5.75 Å². The van der Waals surface area contributed by atoms with Crippen LogP contribution in [-0.4, -0.2) is 39.5 Å². The molecular formula is C14H23NO4S. The first-order valence-corrected chi connectivity index (χ1v) is 8.31. The van der Waals surface area contributed by atoms with Gasteiger partial charge in [-0.25, -0.2) is 8.42 Å². The fourth-order valence-electron chi connectivity index (χ4n) is 1.84. The summed E-state index contributed by atoms with van der Waals surface area (Å²) in [6, 6.07) is 1.54. The summed E-state index contributed by atoms with van der Waals surface area (Å²) < 4.78 is 34.5. The van der Waals surface area contributed by atoms with Gasteiger partial charge < -0.3 is 9.47 Å². The highest BCUT2D eigenvalue weighted by atomic mass is 32.2. The normalized spacial score (nSPS) is 14.1. The number of nitrogens with zero attached hydrogens (tertiary/aromatic N) is 1. The number of sulfone groups is 1. The second-order valence-electron chi connectivity index (χ2n) is 5.92. The Labute approximate surface area is 121 Å². The highest BCUT2D eigenvalue weighted by Gasteiger charge is 2.25. The van der Waals surface area contributed by atoms with Gasteiger partial charge in [0, 0.05) is 24.8 Å². The van der Waals surface area contributed by atoms with Gasteiger partial charge in [-0.3, -0.25) is 4.98 Å². The van der Waals surface area contributed by atoms with Gasteiger partial charge in [-0.05, 0) is 6.92 Å². The third-order valence-corrected chi connectivity index (χ3v) is 3.79. The van der Waals surface area contributed by atoms with Crippen molar-refractivity contribution < 1.29 is 17.9 Å². The van der Waals surface area contributed by atoms with Crippen LogP contribution in [0.1, 0.15) is 33.4 Å². The van der Waals surface area contributed by atoms with Crippen molar-refractivity contribution in [1.29, 1.82) is 0 Å². The molecule has 1 rings (SSSR count). The van der Waals surface area contributed by atoms with Crippen molar-refractivity contribution in [1.82, 2.24) is 4.98 Å². The Kier molecular flexibility index (Phi) is 5.15. The monoisotopic (exact) mass is 301 g/mol. The fourth-order valence-corrected chi connectivity index (χ4v) is 2.88. The van der Waals surface area contributed by atoms with Gasteiger partial charge in [-0.15, -0.1) is 0 Å². The molecule has 0 unspecified atom stereocenters. The van der Waals surface area contributed by atoms with E-state index in [2.05, 4.69) is 4.98 Å². The molecule has 0 saturated carbocycles. The molecule has 0 aliphatic carbocycles. The van der Waals surface area contributed by atoms with Crippen molar-refractivity contribution in [2.45, 2.75) is 44.1 Å². The quantitative estimate of drug-likeness (QED) is 0.834. The van der Waals surface area contributed by atoms with Crippen LogP contribution in [0.2, 0.25) is 0 Å². The average Bonchev–Trinajstić information content (AvgIpc) is 2.26. The van der Waals surface area contributed by atoms with Gasteiger partial charge in [-0.2, -0.15) is 0 Å². The SMILES string of the molecule is COC[C@H](C)Oc1cnc(C(C)(C)C)c(S(C)(=O)=O)c1. The van der Waals surface area contributed by atoms with E-state index in [0.29, 0.717) is 18.1 Å². The molecule has 0 aliphatic rings. The standard InChI is InChI=1S/C14H23NO4S/c1-10(9-18-5)19-11-7-12(20(6,16)17)13(15-8-11)14(2,3)4/h7-8,10H,9H2,1-6H3/t10-/m0/s1. The lowest BCUT2D eigenvalue weighted by molar-refractivity contribution is 0.0916. The minimum atomic E-state index is -3.36. The molecule has 6 heteroatoms. The van der Waals surface area contributed by atoms with E-state index in [1.54, 1.807) is 13.3 Å². The van der Waals surface area contributed by atoms with E-state index in [4.69, 9.17) is 9.47 Å². The van der Waals surface area contributed by atoms with Crippen molar-refractivity contribution in [3.05, 3.63) is 18.0 Å². The Balaban J connectivity index is 3.23. The van der Waals surface area contributed by atoms with Crippen LogP contribution in [0.4, 0.5) is 0 Å². The second kappa shape index (κ2) is 6.10. The lowest BCUT2D eigenvalue weighted by Gasteiger charge is -2.22. The molecule has 5 nitrogen and oxygen atoms in total. The summed E-state index contributed by atoms with van der Waals surface area (Å²) >= 11 is 0. The lowest BCUT2D eigenvalue weighted by atomic mass is 9.91. The number of pyridine rings is 1. The Bertz CT molecular complexity index is 561. The predicted octanol–water partition coefficient (Wildman–Crippen LogP) is 2.20. The van der Waals surface area contributed by atoms with Gasteiger partial charge in [-0.1, -0.05) is 20.8 Å². The number of aromatic nitrogens is 1. The molecule has 1 heterocycles. The summed E-state index contributed by atoms with van der Waals surface area (Å²) in [6.45, 7) is 8.06. The van der Waals surface area contributed by atoms with E-state index in [-0.39, 0.29) is 16.4 Å². The number of methoxy groups -OCH3 is 1. The minimum Gasteiger partial charge on any atom is -0.487 e. The zero-order valence-corrected chi connectivity index (χ0v) is 13.7. The van der Waals surface area contributed by atoms with Gasteiger partial charge in [0.1, 0.15) is 11.9 Å². The molecule has 0 fully saturated rings. The lowest BCUT2D eigenvalue weighted by Crippen LogP contribution is -2.21. The van der Waals surface area contributed by atoms with Crippen molar-refractivity contribution in [2.24, 2.45) is 0 Å². The second-order valence-corrected chi connectivity index (χ2v) is 7.91. The molecule has 1 aromatic rings. The van der Waals surface area contributed by atoms with Crippen LogP contribution in [-0.2, 0) is 20.0 Å². The van der Waals surface area contributed by atoms with Crippen LogP contribution in [0.15, 0.2) is 17.2 Å². The van der Waals surface area contributed by atoms with Gasteiger partial charge in [0.15, 0.2) is 9.84 Å². The minimum absolute atomic E-state index is 0.172. The summed E-state index contributed by atoms with van der Waals surface area (Å²) in [5.74, 6) is 0.433. The molecule has 0 amide bonds. The van der Waals surface area contributed by atoms with Crippen LogP contribution in [0, 0.1) is 0 Å². The number of ether oxygens (including phenoxy) is 2. The maximum absolute atomic E-state index is 11.9. The van der Waals surface area contributed by atoms with E-state index in [1.807, 2.05) is 27.7 Å². The van der Waals surface area contributed by atoms with Gasteiger partial charge in [0.25, 0.3) is 0 Å². The molecule has 0 bridgehead atoms. The Morgan fingerprint density at radius 3 is 2.40 bits per heavy atom. The molecule has 1 aromatic heterocycles. The number of hydrogen-bond acceptors (Lipinski definition) is 5. The predicted molar refractivity (Wildman–Crippen MR) is 78.0 cm³/mol. The first-order chi connectivity index (χ1) is 9.05. The molecule has 0 saturated heterocycles. The van der Waals surface area contributed by atoms with E-state index in [0.717, 1.165) is 0 Å². The third kappa shape index (κ3) is 4.45. The first kappa shape index (κ1) is 16.9. The van der Waals surface area contributed by atoms with Crippen molar-refractivity contribution in [3.63, 3.8) is 0 Å². The fraction of sp³-hybridized carbons (Fsp3) is 0.643. The smallest absolute Gasteiger partial charge is 0.177 e. The Morgan fingerprint density at radius 2 is 1.95 bits per heavy atom. The number of rotatable bonds is 5. The van der Waals surface area contributed by atoms with E-state index in [9.17, 15) is 8.42 Å². The van der Waals surface area contributed by atoms with Crippen molar-refractivity contribution in [2.75, 3.05) is 20.0 Å². The zero-order valence-electron chi connectivity index (χ0n) is 12.9. The summed E-state index contributed by atoms with van der Waals surface area (Å²) in [4.78, 5) is 4.50. The summed E-state index contributed by atoms with van der Waals surface area (Å²) in [5, 5.41) is 0. The highest BCUT2D eigenvalue weighted by molar-refractivity contribution is 7.90. The van der Waals surface area contributed by atoms with E-state index < -0.39 is 9.84 Å².